The van der Waals surface area contributed by atoms with Crippen LogP contribution in [0.5, 0.6) is 0 Å². The van der Waals surface area contributed by atoms with E-state index >= 15 is 0 Å². The first-order valence-corrected chi connectivity index (χ1v) is 3.59. The van der Waals surface area contributed by atoms with Crippen LogP contribution in [0, 0.1) is 0 Å². The van der Waals surface area contributed by atoms with Gasteiger partial charge in [0.25, 0.3) is 5.78 Å². The number of carbonyl (C=O) groups is 1. The lowest BCUT2D eigenvalue weighted by molar-refractivity contribution is 0.00235. The van der Waals surface area contributed by atoms with E-state index in [-0.39, 0.29) is 5.78 Å². The van der Waals surface area contributed by atoms with Gasteiger partial charge >= 0.3 is 6.21 Å². The molecule has 0 bridgehead atoms. The molecule has 1 aromatic rings. The molecule has 0 atom stereocenters. The highest BCUT2D eigenvalue weighted by Gasteiger charge is 2.05. The van der Waals surface area contributed by atoms with Crippen molar-refractivity contribution in [3.05, 3.63) is 40.4 Å². The molecule has 3 nitrogen and oxygen atoms in total. The Bertz CT molecular complexity index is 339. The molecule has 4 heteroatoms. The molecule has 1 rings (SSSR count). The van der Waals surface area contributed by atoms with Crippen molar-refractivity contribution in [1.82, 2.24) is 0 Å². The number of ketones is 1. The summed E-state index contributed by atoms with van der Waals surface area (Å²) < 4.78 is 0. The number of rotatable bonds is 2. The molecule has 0 radical (unpaired) electrons. The molecule has 0 unspecified atom stereocenters. The van der Waals surface area contributed by atoms with Gasteiger partial charge in [0.05, 0.1) is 0 Å². The smallest absolute Gasteiger partial charge is 0.328 e. The Morgan fingerprint density at radius 3 is 2.50 bits per heavy atom. The third-order valence-electron chi connectivity index (χ3n) is 1.30. The molecule has 1 aromatic carbocycles. The summed E-state index contributed by atoms with van der Waals surface area (Å²) in [7, 11) is 0. The molecular formula is C8H5ClN2O. The van der Waals surface area contributed by atoms with Crippen molar-refractivity contribution < 1.29 is 9.58 Å². The summed E-state index contributed by atoms with van der Waals surface area (Å²) in [6.07, 6.45) is 0.837. The van der Waals surface area contributed by atoms with Crippen molar-refractivity contribution in [3.8, 4) is 0 Å². The zero-order chi connectivity index (χ0) is 8.97. The van der Waals surface area contributed by atoms with E-state index in [1.807, 2.05) is 0 Å². The summed E-state index contributed by atoms with van der Waals surface area (Å²) in [4.78, 5) is 13.6. The molecule has 0 spiro atoms. The Kier molecular flexibility index (Phi) is 2.75. The minimum Gasteiger partial charge on any atom is -0.361 e. The normalized spacial score (nSPS) is 8.75. The predicted octanol–water partition coefficient (Wildman–Crippen LogP) is 1.82. The lowest BCUT2D eigenvalue weighted by Crippen LogP contribution is -1.99. The molecule has 60 valence electrons. The first-order chi connectivity index (χ1) is 5.74. The van der Waals surface area contributed by atoms with Gasteiger partial charge in [-0.15, -0.1) is 0 Å². The maximum atomic E-state index is 11.0. The van der Waals surface area contributed by atoms with Crippen LogP contribution in [0.1, 0.15) is 10.4 Å². The summed E-state index contributed by atoms with van der Waals surface area (Å²) in [5, 5.41) is 0.562. The van der Waals surface area contributed by atoms with Crippen LogP contribution >= 0.6 is 11.6 Å². The fraction of sp³-hybridized carbons (Fsp3) is 0. The second-order valence-corrected chi connectivity index (χ2v) is 2.55. The van der Waals surface area contributed by atoms with Crippen LogP contribution in [0.3, 0.4) is 0 Å². The second kappa shape index (κ2) is 3.81. The molecule has 0 N–H and O–H groups in total. The van der Waals surface area contributed by atoms with Gasteiger partial charge in [-0.25, -0.2) is 0 Å². The highest BCUT2D eigenvalue weighted by atomic mass is 35.5. The molecule has 0 fully saturated rings. The lowest BCUT2D eigenvalue weighted by atomic mass is 10.1. The summed E-state index contributed by atoms with van der Waals surface area (Å²) in [5.41, 5.74) is 8.52. The van der Waals surface area contributed by atoms with Crippen LogP contribution in [-0.4, -0.2) is 16.8 Å². The zero-order valence-electron chi connectivity index (χ0n) is 6.07. The van der Waals surface area contributed by atoms with Crippen molar-refractivity contribution in [3.63, 3.8) is 0 Å². The fourth-order valence-corrected chi connectivity index (χ4v) is 0.867. The summed E-state index contributed by atoms with van der Waals surface area (Å²) >= 11 is 5.60. The van der Waals surface area contributed by atoms with Crippen LogP contribution in [0.15, 0.2) is 24.3 Å². The van der Waals surface area contributed by atoms with E-state index in [0.717, 1.165) is 6.21 Å². The van der Waals surface area contributed by atoms with Crippen molar-refractivity contribution in [1.29, 1.82) is 0 Å². The standard InChI is InChI=1S/C8H5ClN2O/c9-7-3-1-6(2-4-7)8(12)5-11-10/h1-5H. The van der Waals surface area contributed by atoms with Gasteiger partial charge in [0.2, 0.25) is 0 Å². The number of hydrogen-bond donors (Lipinski definition) is 0. The molecule has 0 saturated carbocycles. The quantitative estimate of drug-likeness (QED) is 0.297. The number of hydrogen-bond acceptors (Lipinski definition) is 1. The molecular weight excluding hydrogens is 176 g/mol. The fourth-order valence-electron chi connectivity index (χ4n) is 0.741. The van der Waals surface area contributed by atoms with Gasteiger partial charge in [-0.1, -0.05) is 11.6 Å². The highest BCUT2D eigenvalue weighted by Crippen LogP contribution is 2.09. The summed E-state index contributed by atoms with van der Waals surface area (Å²) in [6.45, 7) is 0. The van der Waals surface area contributed by atoms with Gasteiger partial charge in [0.1, 0.15) is 0 Å². The van der Waals surface area contributed by atoms with Crippen LogP contribution in [0.2, 0.25) is 5.02 Å². The number of nitrogens with zero attached hydrogens (tertiary/aromatic N) is 2. The van der Waals surface area contributed by atoms with E-state index in [0.29, 0.717) is 10.6 Å². The molecule has 0 aliphatic heterocycles. The first-order valence-electron chi connectivity index (χ1n) is 3.21. The Morgan fingerprint density at radius 1 is 1.42 bits per heavy atom. The van der Waals surface area contributed by atoms with E-state index in [1.54, 1.807) is 24.3 Å². The molecule has 0 aromatic heterocycles. The van der Waals surface area contributed by atoms with E-state index < -0.39 is 0 Å². The number of carbonyl (C=O) groups excluding carboxylic acids is 1. The van der Waals surface area contributed by atoms with E-state index in [4.69, 9.17) is 17.1 Å². The van der Waals surface area contributed by atoms with Crippen LogP contribution in [0.25, 0.3) is 5.53 Å². The number of Topliss-reactive ketones (excluding diaryl/α,β-unsaturated/α-hetero) is 1. The maximum Gasteiger partial charge on any atom is 0.328 e. The minimum atomic E-state index is -0.353. The Morgan fingerprint density at radius 2 is 2.00 bits per heavy atom. The molecule has 0 saturated heterocycles. The highest BCUT2D eigenvalue weighted by molar-refractivity contribution is 6.34. The van der Waals surface area contributed by atoms with Gasteiger partial charge in [-0.2, -0.15) is 4.79 Å². The third-order valence-corrected chi connectivity index (χ3v) is 1.56. The van der Waals surface area contributed by atoms with Crippen molar-refractivity contribution in [2.24, 2.45) is 0 Å². The molecule has 12 heavy (non-hydrogen) atoms. The van der Waals surface area contributed by atoms with Crippen molar-refractivity contribution >= 4 is 23.6 Å². The van der Waals surface area contributed by atoms with Gasteiger partial charge in [0.15, 0.2) is 0 Å². The first kappa shape index (κ1) is 8.65. The predicted molar refractivity (Wildman–Crippen MR) is 45.5 cm³/mol. The SMILES string of the molecule is [N-]=[N+]=CC(=O)c1ccc(Cl)cc1. The van der Waals surface area contributed by atoms with Gasteiger partial charge in [-0.3, -0.25) is 4.79 Å². The van der Waals surface area contributed by atoms with Gasteiger partial charge in [-0.05, 0) is 24.3 Å². The maximum absolute atomic E-state index is 11.0. The summed E-state index contributed by atoms with van der Waals surface area (Å²) in [5.74, 6) is -0.353. The lowest BCUT2D eigenvalue weighted by Gasteiger charge is -1.91. The third kappa shape index (κ3) is 2.02. The molecule has 0 aliphatic rings. The molecule has 0 aliphatic carbocycles. The number of benzene rings is 1. The van der Waals surface area contributed by atoms with Crippen LogP contribution in [-0.2, 0) is 0 Å². The van der Waals surface area contributed by atoms with Crippen molar-refractivity contribution in [2.45, 2.75) is 0 Å². The average Bonchev–Trinajstić information content (AvgIpc) is 2.06. The monoisotopic (exact) mass is 180 g/mol. The van der Waals surface area contributed by atoms with E-state index in [9.17, 15) is 4.79 Å². The number of halogens is 1. The van der Waals surface area contributed by atoms with Crippen molar-refractivity contribution in [2.75, 3.05) is 0 Å². The Hall–Kier alpha value is -1.44. The summed E-state index contributed by atoms with van der Waals surface area (Å²) in [6, 6.07) is 6.32. The largest absolute Gasteiger partial charge is 0.361 e. The average molecular weight is 181 g/mol. The van der Waals surface area contributed by atoms with Gasteiger partial charge < -0.3 is 5.53 Å². The zero-order valence-corrected chi connectivity index (χ0v) is 6.82. The second-order valence-electron chi connectivity index (χ2n) is 2.12. The molecule has 0 amide bonds. The topological polar surface area (TPSA) is 53.5 Å². The molecule has 0 heterocycles. The Balaban J connectivity index is 2.97. The van der Waals surface area contributed by atoms with Gasteiger partial charge in [0, 0.05) is 10.6 Å². The Labute approximate surface area is 74.2 Å². The van der Waals surface area contributed by atoms with Crippen LogP contribution in [0.4, 0.5) is 0 Å². The van der Waals surface area contributed by atoms with E-state index in [1.165, 1.54) is 0 Å². The van der Waals surface area contributed by atoms with E-state index in [2.05, 4.69) is 4.79 Å². The minimum absolute atomic E-state index is 0.353. The van der Waals surface area contributed by atoms with Crippen LogP contribution < -0.4 is 0 Å².